The molecule has 1 fully saturated rings. The number of rotatable bonds is 3. The van der Waals surface area contributed by atoms with Gasteiger partial charge in [0.15, 0.2) is 0 Å². The molecule has 0 radical (unpaired) electrons. The van der Waals surface area contributed by atoms with E-state index < -0.39 is 0 Å². The maximum Gasteiger partial charge on any atom is 0.319 e. The maximum absolute atomic E-state index is 11.9. The van der Waals surface area contributed by atoms with E-state index in [9.17, 15) is 4.79 Å². The molecule has 1 aliphatic heterocycles. The summed E-state index contributed by atoms with van der Waals surface area (Å²) in [5.41, 5.74) is 1.34. The van der Waals surface area contributed by atoms with Gasteiger partial charge in [-0.3, -0.25) is 0 Å². The van der Waals surface area contributed by atoms with Crippen molar-refractivity contribution < 1.29 is 4.79 Å². The standard InChI is InChI=1S/C15H20N4O/c1-15(5-7-17-8-6-15)11-18-14(20)19-13-4-2-3-12(9-13)10-16/h2-4,9,17H,5-8,11H2,1H3,(H2,18,19,20). The minimum atomic E-state index is -0.222. The Labute approximate surface area is 119 Å². The first-order valence-corrected chi connectivity index (χ1v) is 6.87. The lowest BCUT2D eigenvalue weighted by Crippen LogP contribution is -2.43. The summed E-state index contributed by atoms with van der Waals surface area (Å²) in [6.07, 6.45) is 2.13. The van der Waals surface area contributed by atoms with Gasteiger partial charge in [0.05, 0.1) is 11.6 Å². The summed E-state index contributed by atoms with van der Waals surface area (Å²) in [5, 5.41) is 17.8. The van der Waals surface area contributed by atoms with Gasteiger partial charge in [0.25, 0.3) is 0 Å². The van der Waals surface area contributed by atoms with Crippen LogP contribution >= 0.6 is 0 Å². The molecule has 0 aliphatic carbocycles. The van der Waals surface area contributed by atoms with Crippen molar-refractivity contribution in [2.45, 2.75) is 19.8 Å². The fourth-order valence-electron chi connectivity index (χ4n) is 2.34. The molecule has 20 heavy (non-hydrogen) atoms. The number of hydrogen-bond acceptors (Lipinski definition) is 3. The molecule has 3 N–H and O–H groups in total. The number of nitriles is 1. The molecular formula is C15H20N4O. The van der Waals surface area contributed by atoms with Crippen molar-refractivity contribution in [3.63, 3.8) is 0 Å². The highest BCUT2D eigenvalue weighted by Crippen LogP contribution is 2.26. The summed E-state index contributed by atoms with van der Waals surface area (Å²) >= 11 is 0. The van der Waals surface area contributed by atoms with E-state index in [4.69, 9.17) is 5.26 Å². The van der Waals surface area contributed by atoms with Gasteiger partial charge in [0, 0.05) is 12.2 Å². The van der Waals surface area contributed by atoms with E-state index in [1.165, 1.54) is 0 Å². The van der Waals surface area contributed by atoms with Gasteiger partial charge < -0.3 is 16.0 Å². The van der Waals surface area contributed by atoms with Crippen molar-refractivity contribution in [1.29, 1.82) is 5.26 Å². The first-order valence-electron chi connectivity index (χ1n) is 6.87. The molecule has 1 aromatic rings. The Kier molecular flexibility index (Phi) is 4.59. The smallest absolute Gasteiger partial charge is 0.319 e. The average Bonchev–Trinajstić information content (AvgIpc) is 2.46. The van der Waals surface area contributed by atoms with Gasteiger partial charge >= 0.3 is 6.03 Å². The lowest BCUT2D eigenvalue weighted by Gasteiger charge is -2.34. The molecule has 0 unspecified atom stereocenters. The molecule has 0 aromatic heterocycles. The minimum Gasteiger partial charge on any atom is -0.337 e. The Morgan fingerprint density at radius 3 is 2.90 bits per heavy atom. The van der Waals surface area contributed by atoms with Gasteiger partial charge in [-0.05, 0) is 49.5 Å². The summed E-state index contributed by atoms with van der Waals surface area (Å²) in [4.78, 5) is 11.9. The van der Waals surface area contributed by atoms with Crippen molar-refractivity contribution in [2.24, 2.45) is 5.41 Å². The molecule has 2 rings (SSSR count). The highest BCUT2D eigenvalue weighted by molar-refractivity contribution is 5.89. The Morgan fingerprint density at radius 1 is 1.45 bits per heavy atom. The van der Waals surface area contributed by atoms with Crippen LogP contribution in [0.25, 0.3) is 0 Å². The Bertz CT molecular complexity index is 515. The Balaban J connectivity index is 1.84. The summed E-state index contributed by atoms with van der Waals surface area (Å²) in [6, 6.07) is 8.72. The summed E-state index contributed by atoms with van der Waals surface area (Å²) in [7, 11) is 0. The van der Waals surface area contributed by atoms with Gasteiger partial charge in [-0.2, -0.15) is 5.26 Å². The molecule has 1 aromatic carbocycles. The molecule has 1 heterocycles. The number of carbonyl (C=O) groups excluding carboxylic acids is 1. The number of benzene rings is 1. The molecular weight excluding hydrogens is 252 g/mol. The molecule has 0 bridgehead atoms. The van der Waals surface area contributed by atoms with Crippen molar-refractivity contribution in [3.8, 4) is 6.07 Å². The zero-order valence-electron chi connectivity index (χ0n) is 11.7. The molecule has 1 saturated heterocycles. The third kappa shape index (κ3) is 3.97. The number of piperidine rings is 1. The summed E-state index contributed by atoms with van der Waals surface area (Å²) in [5.74, 6) is 0. The lowest BCUT2D eigenvalue weighted by molar-refractivity contribution is 0.213. The summed E-state index contributed by atoms with van der Waals surface area (Å²) < 4.78 is 0. The van der Waals surface area contributed by atoms with E-state index in [0.717, 1.165) is 25.9 Å². The third-order valence-corrected chi connectivity index (χ3v) is 3.74. The predicted molar refractivity (Wildman–Crippen MR) is 78.4 cm³/mol. The van der Waals surface area contributed by atoms with Gasteiger partial charge in [-0.1, -0.05) is 13.0 Å². The first-order chi connectivity index (χ1) is 9.61. The zero-order valence-corrected chi connectivity index (χ0v) is 11.7. The molecule has 5 nitrogen and oxygen atoms in total. The number of nitrogens with zero attached hydrogens (tertiary/aromatic N) is 1. The molecule has 0 saturated carbocycles. The van der Waals surface area contributed by atoms with Crippen LogP contribution in [0.4, 0.5) is 10.5 Å². The van der Waals surface area contributed by atoms with Crippen LogP contribution in [0.15, 0.2) is 24.3 Å². The Morgan fingerprint density at radius 2 is 2.20 bits per heavy atom. The van der Waals surface area contributed by atoms with Crippen LogP contribution < -0.4 is 16.0 Å². The van der Waals surface area contributed by atoms with E-state index in [2.05, 4.69) is 28.9 Å². The number of amides is 2. The quantitative estimate of drug-likeness (QED) is 0.788. The average molecular weight is 272 g/mol. The van der Waals surface area contributed by atoms with E-state index in [1.807, 2.05) is 0 Å². The number of anilines is 1. The summed E-state index contributed by atoms with van der Waals surface area (Å²) in [6.45, 7) is 4.87. The number of nitrogens with one attached hydrogen (secondary N) is 3. The second-order valence-electron chi connectivity index (χ2n) is 5.56. The minimum absolute atomic E-state index is 0.164. The van der Waals surface area contributed by atoms with Crippen LogP contribution in [0.1, 0.15) is 25.3 Å². The second-order valence-corrected chi connectivity index (χ2v) is 5.56. The van der Waals surface area contributed by atoms with Gasteiger partial charge in [0.1, 0.15) is 0 Å². The normalized spacial score (nSPS) is 17.0. The molecule has 0 spiro atoms. The van der Waals surface area contributed by atoms with E-state index >= 15 is 0 Å². The van der Waals surface area contributed by atoms with Crippen LogP contribution in [-0.4, -0.2) is 25.7 Å². The molecule has 5 heteroatoms. The highest BCUT2D eigenvalue weighted by Gasteiger charge is 2.26. The van der Waals surface area contributed by atoms with Crippen molar-refractivity contribution in [1.82, 2.24) is 10.6 Å². The van der Waals surface area contributed by atoms with Crippen LogP contribution in [0.5, 0.6) is 0 Å². The zero-order chi connectivity index (χ0) is 14.4. The van der Waals surface area contributed by atoms with E-state index in [-0.39, 0.29) is 11.4 Å². The molecule has 2 amide bonds. The first kappa shape index (κ1) is 14.4. The van der Waals surface area contributed by atoms with Crippen LogP contribution in [0.3, 0.4) is 0 Å². The fraction of sp³-hybridized carbons (Fsp3) is 0.467. The van der Waals surface area contributed by atoms with E-state index in [0.29, 0.717) is 17.8 Å². The Hall–Kier alpha value is -2.06. The maximum atomic E-state index is 11.9. The highest BCUT2D eigenvalue weighted by atomic mass is 16.2. The van der Waals surface area contributed by atoms with Crippen molar-refractivity contribution in [2.75, 3.05) is 25.0 Å². The second kappa shape index (κ2) is 6.40. The van der Waals surface area contributed by atoms with Crippen LogP contribution in [0, 0.1) is 16.7 Å². The topological polar surface area (TPSA) is 77.0 Å². The largest absolute Gasteiger partial charge is 0.337 e. The lowest BCUT2D eigenvalue weighted by atomic mass is 9.81. The van der Waals surface area contributed by atoms with E-state index in [1.54, 1.807) is 24.3 Å². The monoisotopic (exact) mass is 272 g/mol. The van der Waals surface area contributed by atoms with Crippen molar-refractivity contribution >= 4 is 11.7 Å². The SMILES string of the molecule is CC1(CNC(=O)Nc2cccc(C#N)c2)CCNCC1. The van der Waals surface area contributed by atoms with Crippen LogP contribution in [0.2, 0.25) is 0 Å². The van der Waals surface area contributed by atoms with Crippen LogP contribution in [-0.2, 0) is 0 Å². The third-order valence-electron chi connectivity index (χ3n) is 3.74. The van der Waals surface area contributed by atoms with Crippen molar-refractivity contribution in [3.05, 3.63) is 29.8 Å². The molecule has 1 aliphatic rings. The number of urea groups is 1. The molecule has 0 atom stereocenters. The fourth-order valence-corrected chi connectivity index (χ4v) is 2.34. The molecule has 106 valence electrons. The van der Waals surface area contributed by atoms with Gasteiger partial charge in [0.2, 0.25) is 0 Å². The number of hydrogen-bond donors (Lipinski definition) is 3. The predicted octanol–water partition coefficient (Wildman–Crippen LogP) is 2.07. The number of carbonyl (C=O) groups is 1. The van der Waals surface area contributed by atoms with Gasteiger partial charge in [-0.25, -0.2) is 4.79 Å². The van der Waals surface area contributed by atoms with Gasteiger partial charge in [-0.15, -0.1) is 0 Å².